The lowest BCUT2D eigenvalue weighted by Gasteiger charge is -2.16. The van der Waals surface area contributed by atoms with Crippen LogP contribution in [0.1, 0.15) is 11.1 Å². The number of benzene rings is 2. The summed E-state index contributed by atoms with van der Waals surface area (Å²) in [7, 11) is -1.44. The molecule has 0 bridgehead atoms. The first-order valence-corrected chi connectivity index (χ1v) is 9.69. The molecule has 0 spiro atoms. The predicted molar refractivity (Wildman–Crippen MR) is 102 cm³/mol. The molecule has 0 aliphatic heterocycles. The predicted octanol–water partition coefficient (Wildman–Crippen LogP) is 4.97. The molecule has 0 aliphatic carbocycles. The molecule has 0 radical (unpaired) electrons. The van der Waals surface area contributed by atoms with Crippen molar-refractivity contribution in [2.24, 2.45) is 0 Å². The van der Waals surface area contributed by atoms with Gasteiger partial charge in [-0.1, -0.05) is 36.0 Å². The molecule has 128 valence electrons. The van der Waals surface area contributed by atoms with Gasteiger partial charge in [0, 0.05) is 5.70 Å². The monoisotopic (exact) mass is 369 g/mol. The van der Waals surface area contributed by atoms with Crippen LogP contribution in [-0.4, -0.2) is 18.0 Å². The molecule has 2 aromatic carbocycles. The van der Waals surface area contributed by atoms with Crippen LogP contribution in [0, 0.1) is 11.6 Å². The Morgan fingerprint density at radius 1 is 1.17 bits per heavy atom. The fourth-order valence-electron chi connectivity index (χ4n) is 1.95. The third-order valence-corrected chi connectivity index (χ3v) is 4.06. The molecule has 0 amide bonds. The van der Waals surface area contributed by atoms with Crippen molar-refractivity contribution in [2.75, 3.05) is 6.26 Å². The van der Waals surface area contributed by atoms with Crippen LogP contribution < -0.4 is 9.46 Å². The van der Waals surface area contributed by atoms with Crippen molar-refractivity contribution in [3.63, 3.8) is 0 Å². The molecule has 24 heavy (non-hydrogen) atoms. The number of halogens is 3. The molecule has 0 fully saturated rings. The first-order valence-electron chi connectivity index (χ1n) is 6.93. The number of rotatable bonds is 6. The molecule has 0 atom stereocenters. The van der Waals surface area contributed by atoms with Crippen molar-refractivity contribution in [1.29, 1.82) is 0 Å². The summed E-state index contributed by atoms with van der Waals surface area (Å²) >= 11 is 6.22. The molecule has 0 unspecified atom stereocenters. The van der Waals surface area contributed by atoms with Crippen LogP contribution >= 0.6 is 21.0 Å². The van der Waals surface area contributed by atoms with E-state index in [4.69, 9.17) is 16.3 Å². The third kappa shape index (κ3) is 5.01. The van der Waals surface area contributed by atoms with E-state index in [-0.39, 0.29) is 6.61 Å². The van der Waals surface area contributed by atoms with E-state index in [0.29, 0.717) is 22.0 Å². The van der Waals surface area contributed by atoms with E-state index in [0.717, 1.165) is 17.7 Å². The van der Waals surface area contributed by atoms with Gasteiger partial charge in [0.05, 0.1) is 5.02 Å². The first-order chi connectivity index (χ1) is 11.2. The molecular formula is C18H18ClF2NOS. The minimum absolute atomic E-state index is 0.0788. The lowest BCUT2D eigenvalue weighted by atomic mass is 10.2. The van der Waals surface area contributed by atoms with Crippen LogP contribution in [0.15, 0.2) is 43.0 Å². The largest absolute Gasteiger partial charge is 0.487 e. The second-order valence-electron chi connectivity index (χ2n) is 5.54. The third-order valence-electron chi connectivity index (χ3n) is 3.03. The molecule has 6 heteroatoms. The van der Waals surface area contributed by atoms with Crippen LogP contribution in [0.2, 0.25) is 5.02 Å². The highest BCUT2D eigenvalue weighted by atomic mass is 35.5. The molecule has 0 saturated heterocycles. The van der Waals surface area contributed by atoms with Crippen LogP contribution in [0.25, 0.3) is 5.70 Å². The van der Waals surface area contributed by atoms with Gasteiger partial charge in [-0.05, 0) is 47.7 Å². The van der Waals surface area contributed by atoms with Crippen molar-refractivity contribution < 1.29 is 13.5 Å². The molecule has 0 saturated carbocycles. The first kappa shape index (κ1) is 18.4. The van der Waals surface area contributed by atoms with E-state index < -0.39 is 21.0 Å². The van der Waals surface area contributed by atoms with E-state index in [9.17, 15) is 8.78 Å². The summed E-state index contributed by atoms with van der Waals surface area (Å²) in [5, 5.41) is 0.392. The van der Waals surface area contributed by atoms with Crippen molar-refractivity contribution >= 4 is 38.4 Å². The Labute approximate surface area is 146 Å². The lowest BCUT2D eigenvalue weighted by molar-refractivity contribution is 0.305. The molecule has 0 heterocycles. The average molecular weight is 370 g/mol. The summed E-state index contributed by atoms with van der Waals surface area (Å²) in [6.45, 7) is 4.02. The van der Waals surface area contributed by atoms with Crippen molar-refractivity contribution in [1.82, 2.24) is 4.72 Å². The SMILES string of the molecule is C=C(NS(=C)(=C)C)c1ccc(OCc2ccc(F)c(F)c2)c(Cl)c1. The summed E-state index contributed by atoms with van der Waals surface area (Å²) in [6, 6.07) is 8.82. The quantitative estimate of drug-likeness (QED) is 0.726. The maximum atomic E-state index is 13.2. The number of hydrogen-bond acceptors (Lipinski definition) is 2. The fourth-order valence-corrected chi connectivity index (χ4v) is 2.90. The zero-order chi connectivity index (χ0) is 17.9. The zero-order valence-electron chi connectivity index (χ0n) is 13.2. The Balaban J connectivity index is 2.09. The van der Waals surface area contributed by atoms with Crippen LogP contribution in [0.5, 0.6) is 5.75 Å². The van der Waals surface area contributed by atoms with E-state index in [1.807, 2.05) is 6.26 Å². The minimum atomic E-state index is -1.44. The molecule has 1 N–H and O–H groups in total. The molecule has 2 nitrogen and oxygen atoms in total. The van der Waals surface area contributed by atoms with Gasteiger partial charge in [-0.3, -0.25) is 0 Å². The molecule has 2 aromatic rings. The van der Waals surface area contributed by atoms with Crippen molar-refractivity contribution in [3.8, 4) is 5.75 Å². The molecule has 0 aliphatic rings. The van der Waals surface area contributed by atoms with Gasteiger partial charge in [0.1, 0.15) is 12.4 Å². The smallest absolute Gasteiger partial charge is 0.159 e. The summed E-state index contributed by atoms with van der Waals surface area (Å²) in [6.07, 6.45) is 1.90. The van der Waals surface area contributed by atoms with Gasteiger partial charge in [-0.2, -0.15) is 0 Å². The van der Waals surface area contributed by atoms with Gasteiger partial charge < -0.3 is 9.46 Å². The number of hydrogen-bond donors (Lipinski definition) is 1. The summed E-state index contributed by atoms with van der Waals surface area (Å²) < 4.78 is 34.8. The van der Waals surface area contributed by atoms with Gasteiger partial charge in [-0.15, -0.1) is 9.39 Å². The van der Waals surface area contributed by atoms with Crippen LogP contribution in [0.4, 0.5) is 8.78 Å². The Bertz CT molecular complexity index is 879. The Kier molecular flexibility index (Phi) is 5.57. The lowest BCUT2D eigenvalue weighted by Crippen LogP contribution is -2.06. The van der Waals surface area contributed by atoms with E-state index in [1.54, 1.807) is 18.2 Å². The molecular weight excluding hydrogens is 352 g/mol. The highest BCUT2D eigenvalue weighted by molar-refractivity contribution is 8.25. The van der Waals surface area contributed by atoms with E-state index >= 15 is 0 Å². The average Bonchev–Trinajstić information content (AvgIpc) is 2.47. The van der Waals surface area contributed by atoms with Gasteiger partial charge >= 0.3 is 0 Å². The maximum Gasteiger partial charge on any atom is 0.159 e. The molecule has 2 rings (SSSR count). The highest BCUT2D eigenvalue weighted by Gasteiger charge is 2.08. The summed E-state index contributed by atoms with van der Waals surface area (Å²) in [4.78, 5) is 0. The van der Waals surface area contributed by atoms with Gasteiger partial charge in [0.25, 0.3) is 0 Å². The van der Waals surface area contributed by atoms with Crippen LogP contribution in [0.3, 0.4) is 0 Å². The summed E-state index contributed by atoms with van der Waals surface area (Å²) in [5.74, 6) is 6.51. The van der Waals surface area contributed by atoms with E-state index in [2.05, 4.69) is 23.0 Å². The standard InChI is InChI=1S/C18H18ClF2NOS/c1-12(22-24(2,3)4)14-6-8-18(15(19)10-14)23-11-13-5-7-16(20)17(21)9-13/h5-10,22H,1-3,11H2,4H3. The second-order valence-corrected chi connectivity index (χ2v) is 8.70. The van der Waals surface area contributed by atoms with Crippen molar-refractivity contribution in [2.45, 2.75) is 6.61 Å². The fraction of sp³-hybridized carbons (Fsp3) is 0.111. The zero-order valence-corrected chi connectivity index (χ0v) is 14.8. The Hall–Kier alpha value is -1.98. The Morgan fingerprint density at radius 3 is 2.46 bits per heavy atom. The Morgan fingerprint density at radius 2 is 1.88 bits per heavy atom. The number of nitrogens with one attached hydrogen (secondary N) is 1. The highest BCUT2D eigenvalue weighted by Crippen LogP contribution is 2.29. The van der Waals surface area contributed by atoms with E-state index in [1.165, 1.54) is 6.07 Å². The van der Waals surface area contributed by atoms with Crippen molar-refractivity contribution in [3.05, 3.63) is 70.8 Å². The minimum Gasteiger partial charge on any atom is -0.487 e. The van der Waals surface area contributed by atoms with Crippen LogP contribution in [-0.2, 0) is 6.61 Å². The topological polar surface area (TPSA) is 21.3 Å². The van der Waals surface area contributed by atoms with Gasteiger partial charge in [0.15, 0.2) is 11.6 Å². The number of ether oxygens (including phenoxy) is 1. The second kappa shape index (κ2) is 7.28. The summed E-state index contributed by atoms with van der Waals surface area (Å²) in [5.41, 5.74) is 1.98. The van der Waals surface area contributed by atoms with Gasteiger partial charge in [-0.25, -0.2) is 8.78 Å². The maximum absolute atomic E-state index is 13.2. The van der Waals surface area contributed by atoms with Gasteiger partial charge in [0.2, 0.25) is 0 Å². The molecule has 0 aromatic heterocycles. The normalized spacial score (nSPS) is 11.2.